The minimum Gasteiger partial charge on any atom is -0.461 e. The van der Waals surface area contributed by atoms with E-state index < -0.39 is 51.7 Å². The molecule has 0 aromatic carbocycles. The van der Waals surface area contributed by atoms with Crippen molar-refractivity contribution in [2.45, 2.75) is 52.2 Å². The van der Waals surface area contributed by atoms with E-state index in [4.69, 9.17) is 14.2 Å². The first-order chi connectivity index (χ1) is 13.5. The van der Waals surface area contributed by atoms with Gasteiger partial charge in [0.2, 0.25) is 0 Å². The first-order valence-electron chi connectivity index (χ1n) is 9.76. The maximum Gasteiger partial charge on any atom is 0.331 e. The topological polar surface area (TPSA) is 96.0 Å². The predicted octanol–water partition coefficient (Wildman–Crippen LogP) is 2.28. The molecule has 2 saturated carbocycles. The van der Waals surface area contributed by atoms with E-state index in [-0.39, 0.29) is 18.4 Å². The molecule has 1 heterocycles. The average molecular weight is 425 g/mol. The standard InChI is InChI=1S/C21H28O7S/c1-12-6-7-15(28-16(23)8-9-29(5)25)17-18(27-14(3)22)21(11-20(12,17)4)13(2)10-26-19(21)24/h8-9,12,15,17-18H,2,6-7,10-11H2,1,3-5H3/b9-8+/t12-,15-,17+,18+,20+,21+,29-/m0/s1. The molecule has 0 aromatic heterocycles. The average Bonchev–Trinajstić information content (AvgIpc) is 3.06. The van der Waals surface area contributed by atoms with Crippen LogP contribution in [0.3, 0.4) is 0 Å². The molecule has 3 fully saturated rings. The molecule has 0 N–H and O–H groups in total. The Bertz CT molecular complexity index is 785. The van der Waals surface area contributed by atoms with Crippen LogP contribution >= 0.6 is 0 Å². The summed E-state index contributed by atoms with van der Waals surface area (Å²) >= 11 is 0. The molecule has 0 radical (unpaired) electrons. The van der Waals surface area contributed by atoms with E-state index in [1.165, 1.54) is 18.6 Å². The first-order valence-corrected chi connectivity index (χ1v) is 11.4. The highest BCUT2D eigenvalue weighted by molar-refractivity contribution is 7.87. The number of hydrogen-bond acceptors (Lipinski definition) is 7. The quantitative estimate of drug-likeness (QED) is 0.296. The van der Waals surface area contributed by atoms with Gasteiger partial charge in [0.25, 0.3) is 0 Å². The van der Waals surface area contributed by atoms with Gasteiger partial charge in [-0.1, -0.05) is 20.4 Å². The zero-order valence-corrected chi connectivity index (χ0v) is 18.1. The van der Waals surface area contributed by atoms with Gasteiger partial charge in [0.05, 0.1) is 0 Å². The van der Waals surface area contributed by atoms with Crippen LogP contribution in [0.15, 0.2) is 23.6 Å². The molecule has 1 saturated heterocycles. The van der Waals surface area contributed by atoms with Gasteiger partial charge in [-0.2, -0.15) is 0 Å². The maximum absolute atomic E-state index is 12.9. The van der Waals surface area contributed by atoms with E-state index in [1.54, 1.807) is 0 Å². The van der Waals surface area contributed by atoms with Gasteiger partial charge in [0.1, 0.15) is 24.2 Å². The Morgan fingerprint density at radius 3 is 2.55 bits per heavy atom. The molecule has 3 aliphatic rings. The predicted molar refractivity (Wildman–Crippen MR) is 106 cm³/mol. The number of carbonyl (C=O) groups is 3. The fourth-order valence-corrected chi connectivity index (χ4v) is 5.71. The first kappa shape index (κ1) is 21.7. The number of carbonyl (C=O) groups excluding carboxylic acids is 3. The Morgan fingerprint density at radius 2 is 2.00 bits per heavy atom. The van der Waals surface area contributed by atoms with E-state index in [0.29, 0.717) is 18.4 Å². The molecule has 160 valence electrons. The van der Waals surface area contributed by atoms with Crippen LogP contribution in [0.4, 0.5) is 0 Å². The van der Waals surface area contributed by atoms with Gasteiger partial charge >= 0.3 is 17.9 Å². The summed E-state index contributed by atoms with van der Waals surface area (Å²) in [5.41, 5.74) is -0.926. The Morgan fingerprint density at radius 1 is 1.31 bits per heavy atom. The van der Waals surface area contributed by atoms with Crippen molar-refractivity contribution in [3.8, 4) is 0 Å². The summed E-state index contributed by atoms with van der Waals surface area (Å²) in [6, 6.07) is 0. The highest BCUT2D eigenvalue weighted by atomic mass is 32.2. The van der Waals surface area contributed by atoms with Gasteiger partial charge in [0, 0.05) is 41.4 Å². The Kier molecular flexibility index (Phi) is 5.77. The number of ether oxygens (including phenoxy) is 3. The normalized spacial score (nSPS) is 40.0. The molecule has 7 atom stereocenters. The largest absolute Gasteiger partial charge is 0.461 e. The van der Waals surface area contributed by atoms with E-state index >= 15 is 0 Å². The second kappa shape index (κ2) is 7.70. The summed E-state index contributed by atoms with van der Waals surface area (Å²) in [6.45, 7) is 9.63. The third kappa shape index (κ3) is 3.56. The fraction of sp³-hybridized carbons (Fsp3) is 0.667. The van der Waals surface area contributed by atoms with Crippen molar-refractivity contribution in [3.05, 3.63) is 23.6 Å². The van der Waals surface area contributed by atoms with Gasteiger partial charge in [-0.15, -0.1) is 0 Å². The number of fused-ring (bicyclic) bond motifs is 1. The number of cyclic esters (lactones) is 1. The van der Waals surface area contributed by atoms with Crippen LogP contribution < -0.4 is 0 Å². The Hall–Kier alpha value is -1.96. The molecular formula is C21H28O7S. The van der Waals surface area contributed by atoms with Crippen molar-refractivity contribution < 1.29 is 32.8 Å². The lowest BCUT2D eigenvalue weighted by atomic mass is 9.61. The molecule has 0 amide bonds. The molecule has 0 bridgehead atoms. The zero-order chi connectivity index (χ0) is 21.6. The smallest absolute Gasteiger partial charge is 0.331 e. The van der Waals surface area contributed by atoms with Crippen LogP contribution in [0.1, 0.15) is 40.0 Å². The van der Waals surface area contributed by atoms with Gasteiger partial charge in [-0.25, -0.2) is 4.79 Å². The van der Waals surface area contributed by atoms with Crippen molar-refractivity contribution in [1.29, 1.82) is 0 Å². The number of hydrogen-bond donors (Lipinski definition) is 0. The molecule has 0 aromatic rings. The molecule has 0 unspecified atom stereocenters. The van der Waals surface area contributed by atoms with E-state index in [0.717, 1.165) is 12.5 Å². The van der Waals surface area contributed by atoms with Gasteiger partial charge in [-0.3, -0.25) is 13.8 Å². The van der Waals surface area contributed by atoms with Crippen molar-refractivity contribution in [2.75, 3.05) is 12.9 Å². The van der Waals surface area contributed by atoms with Crippen LogP contribution in [0.25, 0.3) is 0 Å². The summed E-state index contributed by atoms with van der Waals surface area (Å²) < 4.78 is 28.0. The van der Waals surface area contributed by atoms with Crippen LogP contribution in [-0.4, -0.2) is 47.2 Å². The van der Waals surface area contributed by atoms with Crippen LogP contribution in [-0.2, 0) is 39.4 Å². The monoisotopic (exact) mass is 424 g/mol. The summed E-state index contributed by atoms with van der Waals surface area (Å²) in [7, 11) is -1.27. The lowest BCUT2D eigenvalue weighted by molar-refractivity contribution is -0.172. The maximum atomic E-state index is 12.9. The summed E-state index contributed by atoms with van der Waals surface area (Å²) in [6.07, 6.45) is 3.09. The highest BCUT2D eigenvalue weighted by Gasteiger charge is 2.71. The molecule has 1 aliphatic heterocycles. The molecule has 3 rings (SSSR count). The van der Waals surface area contributed by atoms with Crippen LogP contribution in [0.2, 0.25) is 0 Å². The number of esters is 3. The lowest BCUT2D eigenvalue weighted by Gasteiger charge is -2.46. The van der Waals surface area contributed by atoms with Crippen LogP contribution in [0.5, 0.6) is 0 Å². The molecule has 7 nitrogen and oxygen atoms in total. The zero-order valence-electron chi connectivity index (χ0n) is 17.3. The van der Waals surface area contributed by atoms with Crippen molar-refractivity contribution in [3.63, 3.8) is 0 Å². The van der Waals surface area contributed by atoms with Crippen molar-refractivity contribution in [2.24, 2.45) is 22.7 Å². The fourth-order valence-electron chi connectivity index (χ4n) is 5.41. The number of rotatable bonds is 4. The lowest BCUT2D eigenvalue weighted by Crippen LogP contribution is -2.50. The summed E-state index contributed by atoms with van der Waals surface area (Å²) in [5, 5.41) is 1.27. The SMILES string of the molecule is C=C1COC(=O)[C@]12C[C@@]1(C)[C@H]([C@@H](OC(=O)/C=C/[S@](C)=O)CC[C@@H]1C)[C@H]2OC(C)=O. The third-order valence-corrected chi connectivity index (χ3v) is 7.49. The molecule has 8 heteroatoms. The second-order valence-corrected chi connectivity index (χ2v) is 9.91. The Balaban J connectivity index is 2.02. The Labute approximate surface area is 173 Å². The van der Waals surface area contributed by atoms with Crippen molar-refractivity contribution >= 4 is 28.7 Å². The van der Waals surface area contributed by atoms with E-state index in [1.807, 2.05) is 0 Å². The van der Waals surface area contributed by atoms with Gasteiger partial charge in [0.15, 0.2) is 0 Å². The summed E-state index contributed by atoms with van der Waals surface area (Å²) in [4.78, 5) is 37.1. The van der Waals surface area contributed by atoms with Crippen molar-refractivity contribution in [1.82, 2.24) is 0 Å². The minimum absolute atomic E-state index is 0.100. The third-order valence-electron chi connectivity index (χ3n) is 6.97. The molecule has 2 aliphatic carbocycles. The van der Waals surface area contributed by atoms with Crippen LogP contribution in [0, 0.1) is 22.7 Å². The van der Waals surface area contributed by atoms with E-state index in [9.17, 15) is 18.6 Å². The van der Waals surface area contributed by atoms with Gasteiger partial charge < -0.3 is 14.2 Å². The molecular weight excluding hydrogens is 396 g/mol. The molecule has 1 spiro atoms. The summed E-state index contributed by atoms with van der Waals surface area (Å²) in [5.74, 6) is -1.68. The second-order valence-electron chi connectivity index (χ2n) is 8.64. The van der Waals surface area contributed by atoms with Gasteiger partial charge in [-0.05, 0) is 36.2 Å². The minimum atomic E-state index is -1.27. The highest BCUT2D eigenvalue weighted by Crippen LogP contribution is 2.66. The van der Waals surface area contributed by atoms with E-state index in [2.05, 4.69) is 20.4 Å². The molecule has 29 heavy (non-hydrogen) atoms.